The first-order valence-electron chi connectivity index (χ1n) is 6.50. The highest BCUT2D eigenvalue weighted by molar-refractivity contribution is 5.17. The van der Waals surface area contributed by atoms with Crippen LogP contribution in [0.4, 0.5) is 6.01 Å². The van der Waals surface area contributed by atoms with Gasteiger partial charge in [0, 0.05) is 6.54 Å². The van der Waals surface area contributed by atoms with Crippen molar-refractivity contribution in [3.63, 3.8) is 0 Å². The molecule has 1 aliphatic heterocycles. The average Bonchev–Trinajstić information content (AvgIpc) is 2.73. The third kappa shape index (κ3) is 4.00. The van der Waals surface area contributed by atoms with Gasteiger partial charge in [0.1, 0.15) is 0 Å². The minimum absolute atomic E-state index is 0.537. The molecule has 0 saturated carbocycles. The molecule has 0 aromatic carbocycles. The van der Waals surface area contributed by atoms with Crippen molar-refractivity contribution < 1.29 is 4.52 Å². The highest BCUT2D eigenvalue weighted by Gasteiger charge is 2.14. The maximum atomic E-state index is 4.98. The van der Waals surface area contributed by atoms with E-state index in [4.69, 9.17) is 4.52 Å². The molecule has 0 aliphatic carbocycles. The Morgan fingerprint density at radius 2 is 2.18 bits per heavy atom. The smallest absolute Gasteiger partial charge is 0.321 e. The van der Waals surface area contributed by atoms with Crippen LogP contribution in [-0.4, -0.2) is 41.2 Å². The monoisotopic (exact) mass is 238 g/mol. The van der Waals surface area contributed by atoms with Crippen LogP contribution in [-0.2, 0) is 0 Å². The Labute approximate surface area is 103 Å². The standard InChI is InChI=1S/C12H22N4O/c1-10-4-8-16(9-5-10)7-3-6-13-12-14-11(2)15-17-12/h10H,3-9H2,1-2H3,(H,13,14,15). The van der Waals surface area contributed by atoms with Gasteiger partial charge < -0.3 is 14.7 Å². The second-order valence-electron chi connectivity index (χ2n) is 4.95. The molecule has 5 nitrogen and oxygen atoms in total. The fourth-order valence-corrected chi connectivity index (χ4v) is 2.15. The first-order chi connectivity index (χ1) is 8.24. The zero-order chi connectivity index (χ0) is 12.1. The summed E-state index contributed by atoms with van der Waals surface area (Å²) in [4.78, 5) is 6.64. The Bertz CT molecular complexity index is 331. The predicted molar refractivity (Wildman–Crippen MR) is 67.0 cm³/mol. The van der Waals surface area contributed by atoms with Gasteiger partial charge in [-0.05, 0) is 51.7 Å². The topological polar surface area (TPSA) is 54.2 Å². The summed E-state index contributed by atoms with van der Waals surface area (Å²) in [6.45, 7) is 8.72. The number of nitrogens with zero attached hydrogens (tertiary/aromatic N) is 3. The highest BCUT2D eigenvalue weighted by Crippen LogP contribution is 2.15. The Hall–Kier alpha value is -1.10. The van der Waals surface area contributed by atoms with E-state index in [-0.39, 0.29) is 0 Å². The first-order valence-corrected chi connectivity index (χ1v) is 6.50. The summed E-state index contributed by atoms with van der Waals surface area (Å²) in [7, 11) is 0. The number of piperidine rings is 1. The van der Waals surface area contributed by atoms with E-state index in [1.807, 2.05) is 6.92 Å². The number of rotatable bonds is 5. The Kier molecular flexibility index (Phi) is 4.36. The van der Waals surface area contributed by atoms with Crippen molar-refractivity contribution in [2.45, 2.75) is 33.1 Å². The molecule has 0 amide bonds. The van der Waals surface area contributed by atoms with Gasteiger partial charge in [0.15, 0.2) is 5.82 Å². The number of hydrogen-bond donors (Lipinski definition) is 1. The van der Waals surface area contributed by atoms with Gasteiger partial charge in [0.05, 0.1) is 0 Å². The van der Waals surface area contributed by atoms with Gasteiger partial charge >= 0.3 is 6.01 Å². The van der Waals surface area contributed by atoms with Crippen molar-refractivity contribution in [3.8, 4) is 0 Å². The molecule has 1 aromatic heterocycles. The second-order valence-corrected chi connectivity index (χ2v) is 4.95. The summed E-state index contributed by atoms with van der Waals surface area (Å²) >= 11 is 0. The van der Waals surface area contributed by atoms with Gasteiger partial charge in [-0.15, -0.1) is 0 Å². The molecule has 5 heteroatoms. The molecule has 1 saturated heterocycles. The van der Waals surface area contributed by atoms with E-state index in [1.54, 1.807) is 0 Å². The molecule has 0 unspecified atom stereocenters. The lowest BCUT2D eigenvalue weighted by molar-refractivity contribution is 0.192. The molecular weight excluding hydrogens is 216 g/mol. The maximum absolute atomic E-state index is 4.98. The fraction of sp³-hybridized carbons (Fsp3) is 0.833. The van der Waals surface area contributed by atoms with Gasteiger partial charge in [-0.3, -0.25) is 0 Å². The van der Waals surface area contributed by atoms with Crippen LogP contribution in [0.5, 0.6) is 0 Å². The van der Waals surface area contributed by atoms with E-state index in [0.717, 1.165) is 25.4 Å². The molecule has 1 aromatic rings. The van der Waals surface area contributed by atoms with Crippen molar-refractivity contribution in [2.75, 3.05) is 31.5 Å². The van der Waals surface area contributed by atoms with Crippen LogP contribution in [0.15, 0.2) is 4.52 Å². The van der Waals surface area contributed by atoms with Crippen molar-refractivity contribution in [2.24, 2.45) is 5.92 Å². The number of aromatic nitrogens is 2. The molecule has 0 atom stereocenters. The number of nitrogens with one attached hydrogen (secondary N) is 1. The van der Waals surface area contributed by atoms with Gasteiger partial charge in [-0.1, -0.05) is 12.1 Å². The van der Waals surface area contributed by atoms with Crippen LogP contribution in [0.25, 0.3) is 0 Å². The maximum Gasteiger partial charge on any atom is 0.321 e. The summed E-state index contributed by atoms with van der Waals surface area (Å²) in [6, 6.07) is 0.537. The largest absolute Gasteiger partial charge is 0.338 e. The average molecular weight is 238 g/mol. The first kappa shape index (κ1) is 12.4. The second kappa shape index (κ2) is 6.00. The van der Waals surface area contributed by atoms with E-state index >= 15 is 0 Å². The molecule has 1 fully saturated rings. The third-order valence-electron chi connectivity index (χ3n) is 3.33. The van der Waals surface area contributed by atoms with Crippen LogP contribution in [0.3, 0.4) is 0 Å². The van der Waals surface area contributed by atoms with Gasteiger partial charge in [-0.2, -0.15) is 4.98 Å². The van der Waals surface area contributed by atoms with E-state index in [2.05, 4.69) is 27.3 Å². The molecule has 1 aliphatic rings. The third-order valence-corrected chi connectivity index (χ3v) is 3.33. The van der Waals surface area contributed by atoms with Crippen molar-refractivity contribution in [1.29, 1.82) is 0 Å². The Balaban J connectivity index is 1.57. The van der Waals surface area contributed by atoms with Crippen molar-refractivity contribution in [3.05, 3.63) is 5.82 Å². The van der Waals surface area contributed by atoms with E-state index < -0.39 is 0 Å². The van der Waals surface area contributed by atoms with Crippen LogP contribution in [0, 0.1) is 12.8 Å². The fourth-order valence-electron chi connectivity index (χ4n) is 2.15. The van der Waals surface area contributed by atoms with Gasteiger partial charge in [-0.25, -0.2) is 0 Å². The summed E-state index contributed by atoms with van der Waals surface area (Å²) in [5.74, 6) is 1.59. The van der Waals surface area contributed by atoms with Crippen molar-refractivity contribution in [1.82, 2.24) is 15.0 Å². The molecule has 1 N–H and O–H groups in total. The minimum Gasteiger partial charge on any atom is -0.338 e. The quantitative estimate of drug-likeness (QED) is 0.794. The van der Waals surface area contributed by atoms with Gasteiger partial charge in [0.25, 0.3) is 0 Å². The predicted octanol–water partition coefficient (Wildman–Crippen LogP) is 1.91. The molecule has 2 heterocycles. The van der Waals surface area contributed by atoms with Crippen molar-refractivity contribution >= 4 is 6.01 Å². The number of aryl methyl sites for hydroxylation is 1. The van der Waals surface area contributed by atoms with Crippen LogP contribution in [0.2, 0.25) is 0 Å². The van der Waals surface area contributed by atoms with Crippen LogP contribution >= 0.6 is 0 Å². The lowest BCUT2D eigenvalue weighted by Crippen LogP contribution is -2.34. The zero-order valence-electron chi connectivity index (χ0n) is 10.8. The number of hydrogen-bond acceptors (Lipinski definition) is 5. The van der Waals surface area contributed by atoms with Crippen LogP contribution < -0.4 is 5.32 Å². The number of likely N-dealkylation sites (tertiary alicyclic amines) is 1. The van der Waals surface area contributed by atoms with E-state index in [9.17, 15) is 0 Å². The minimum atomic E-state index is 0.537. The molecule has 96 valence electrons. The summed E-state index contributed by atoms with van der Waals surface area (Å²) in [6.07, 6.45) is 3.81. The zero-order valence-corrected chi connectivity index (χ0v) is 10.8. The summed E-state index contributed by atoms with van der Waals surface area (Å²) < 4.78 is 4.98. The van der Waals surface area contributed by atoms with E-state index in [0.29, 0.717) is 11.8 Å². The van der Waals surface area contributed by atoms with Gasteiger partial charge in [0.2, 0.25) is 0 Å². The molecular formula is C12H22N4O. The summed E-state index contributed by atoms with van der Waals surface area (Å²) in [5.41, 5.74) is 0. The normalized spacial score (nSPS) is 18.5. The molecule has 0 spiro atoms. The Morgan fingerprint density at radius 3 is 2.82 bits per heavy atom. The lowest BCUT2D eigenvalue weighted by atomic mass is 9.99. The number of anilines is 1. The highest BCUT2D eigenvalue weighted by atomic mass is 16.5. The molecule has 17 heavy (non-hydrogen) atoms. The Morgan fingerprint density at radius 1 is 1.41 bits per heavy atom. The summed E-state index contributed by atoms with van der Waals surface area (Å²) in [5, 5.41) is 6.88. The SMILES string of the molecule is Cc1noc(NCCCN2CCC(C)CC2)n1. The molecule has 2 rings (SSSR count). The van der Waals surface area contributed by atoms with Crippen LogP contribution in [0.1, 0.15) is 32.0 Å². The lowest BCUT2D eigenvalue weighted by Gasteiger charge is -2.30. The molecule has 0 radical (unpaired) electrons. The van der Waals surface area contributed by atoms with E-state index in [1.165, 1.54) is 25.9 Å². The molecule has 0 bridgehead atoms.